The minimum atomic E-state index is 0.365. The highest BCUT2D eigenvalue weighted by atomic mass is 32.1. The van der Waals surface area contributed by atoms with Crippen LogP contribution in [0.3, 0.4) is 0 Å². The van der Waals surface area contributed by atoms with E-state index in [0.717, 1.165) is 21.0 Å². The number of anilines is 1. The Morgan fingerprint density at radius 1 is 1.33 bits per heavy atom. The number of pyridine rings is 1. The zero-order chi connectivity index (χ0) is 12.5. The van der Waals surface area contributed by atoms with Crippen molar-refractivity contribution in [2.45, 2.75) is 6.92 Å². The van der Waals surface area contributed by atoms with Crippen LogP contribution in [0.4, 0.5) is 5.82 Å². The van der Waals surface area contributed by atoms with Crippen LogP contribution < -0.4 is 5.73 Å². The van der Waals surface area contributed by atoms with E-state index in [1.165, 1.54) is 0 Å². The molecule has 3 rings (SSSR count). The lowest BCUT2D eigenvalue weighted by atomic mass is 10.1. The van der Waals surface area contributed by atoms with Crippen molar-refractivity contribution in [1.82, 2.24) is 15.1 Å². The van der Waals surface area contributed by atoms with Crippen LogP contribution in [0.1, 0.15) is 5.01 Å². The van der Waals surface area contributed by atoms with Gasteiger partial charge in [-0.15, -0.1) is 11.3 Å². The Balaban J connectivity index is 2.18. The van der Waals surface area contributed by atoms with Crippen molar-refractivity contribution in [3.05, 3.63) is 35.7 Å². The van der Waals surface area contributed by atoms with Gasteiger partial charge in [-0.2, -0.15) is 0 Å². The van der Waals surface area contributed by atoms with Gasteiger partial charge in [-0.3, -0.25) is 4.98 Å². The molecule has 0 saturated carbocycles. The SMILES string of the molecule is Cc1ncc(-c2onc(N)c2-c2cccnc2)s1. The Morgan fingerprint density at radius 2 is 2.22 bits per heavy atom. The molecule has 18 heavy (non-hydrogen) atoms. The van der Waals surface area contributed by atoms with E-state index < -0.39 is 0 Å². The number of thiazole rings is 1. The number of nitrogens with two attached hydrogens (primary N) is 1. The van der Waals surface area contributed by atoms with Gasteiger partial charge >= 0.3 is 0 Å². The lowest BCUT2D eigenvalue weighted by molar-refractivity contribution is 0.437. The largest absolute Gasteiger partial charge is 0.380 e. The minimum absolute atomic E-state index is 0.365. The maximum Gasteiger partial charge on any atom is 0.188 e. The van der Waals surface area contributed by atoms with Crippen LogP contribution in [0.25, 0.3) is 21.8 Å². The molecule has 5 nitrogen and oxygen atoms in total. The van der Waals surface area contributed by atoms with Crippen LogP contribution in [-0.2, 0) is 0 Å². The summed E-state index contributed by atoms with van der Waals surface area (Å²) in [7, 11) is 0. The number of aryl methyl sites for hydroxylation is 1. The van der Waals surface area contributed by atoms with Gasteiger partial charge in [-0.25, -0.2) is 4.98 Å². The highest BCUT2D eigenvalue weighted by molar-refractivity contribution is 7.15. The Labute approximate surface area is 107 Å². The van der Waals surface area contributed by atoms with E-state index in [0.29, 0.717) is 11.6 Å². The molecule has 0 aromatic carbocycles. The second-order valence-corrected chi connectivity index (χ2v) is 4.99. The standard InChI is InChI=1S/C12H10N4OS/c1-7-15-6-9(18-7)11-10(12(13)16-17-11)8-3-2-4-14-5-8/h2-6H,1H3,(H2,13,16). The molecule has 3 aromatic heterocycles. The third kappa shape index (κ3) is 1.76. The van der Waals surface area contributed by atoms with Crippen molar-refractivity contribution >= 4 is 17.2 Å². The molecule has 90 valence electrons. The molecule has 0 amide bonds. The van der Waals surface area contributed by atoms with E-state index in [9.17, 15) is 0 Å². The average Bonchev–Trinajstić information content (AvgIpc) is 2.96. The van der Waals surface area contributed by atoms with Gasteiger partial charge in [0.1, 0.15) is 0 Å². The third-order valence-corrected chi connectivity index (χ3v) is 3.43. The Bertz CT molecular complexity index is 674. The monoisotopic (exact) mass is 258 g/mol. The molecule has 0 aliphatic heterocycles. The van der Waals surface area contributed by atoms with Gasteiger partial charge in [0.05, 0.1) is 15.4 Å². The first-order chi connectivity index (χ1) is 8.75. The summed E-state index contributed by atoms with van der Waals surface area (Å²) >= 11 is 1.54. The topological polar surface area (TPSA) is 77.8 Å². The number of aromatic nitrogens is 3. The zero-order valence-electron chi connectivity index (χ0n) is 9.62. The summed E-state index contributed by atoms with van der Waals surface area (Å²) in [6.45, 7) is 1.94. The minimum Gasteiger partial charge on any atom is -0.380 e. The lowest BCUT2D eigenvalue weighted by Gasteiger charge is -1.99. The highest BCUT2D eigenvalue weighted by Crippen LogP contribution is 2.38. The Morgan fingerprint density at radius 3 is 2.89 bits per heavy atom. The van der Waals surface area contributed by atoms with Crippen LogP contribution in [0.5, 0.6) is 0 Å². The van der Waals surface area contributed by atoms with Crippen molar-refractivity contribution in [2.24, 2.45) is 0 Å². The lowest BCUT2D eigenvalue weighted by Crippen LogP contribution is -1.88. The van der Waals surface area contributed by atoms with Gasteiger partial charge in [0, 0.05) is 24.2 Å². The maximum absolute atomic E-state index is 5.87. The second kappa shape index (κ2) is 4.23. The highest BCUT2D eigenvalue weighted by Gasteiger charge is 2.19. The van der Waals surface area contributed by atoms with E-state index >= 15 is 0 Å². The molecule has 0 spiro atoms. The summed E-state index contributed by atoms with van der Waals surface area (Å²) in [5.41, 5.74) is 7.53. The number of nitrogen functional groups attached to an aromatic ring is 1. The molecule has 3 aromatic rings. The predicted molar refractivity (Wildman–Crippen MR) is 70.0 cm³/mol. The molecular weight excluding hydrogens is 248 g/mol. The van der Waals surface area contributed by atoms with Crippen LogP contribution in [-0.4, -0.2) is 15.1 Å². The van der Waals surface area contributed by atoms with Gasteiger partial charge in [-0.1, -0.05) is 11.2 Å². The maximum atomic E-state index is 5.87. The van der Waals surface area contributed by atoms with E-state index in [1.807, 2.05) is 19.1 Å². The van der Waals surface area contributed by atoms with Crippen LogP contribution in [0, 0.1) is 6.92 Å². The van der Waals surface area contributed by atoms with Crippen molar-refractivity contribution in [1.29, 1.82) is 0 Å². The summed E-state index contributed by atoms with van der Waals surface area (Å²) in [6.07, 6.45) is 5.21. The Kier molecular flexibility index (Phi) is 2.56. The number of hydrogen-bond donors (Lipinski definition) is 1. The molecule has 0 radical (unpaired) electrons. The van der Waals surface area contributed by atoms with Gasteiger partial charge in [0.15, 0.2) is 11.6 Å². The van der Waals surface area contributed by atoms with Crippen LogP contribution in [0.2, 0.25) is 0 Å². The van der Waals surface area contributed by atoms with Crippen molar-refractivity contribution in [3.63, 3.8) is 0 Å². The Hall–Kier alpha value is -2.21. The third-order valence-electron chi connectivity index (χ3n) is 2.51. The summed E-state index contributed by atoms with van der Waals surface area (Å²) in [6, 6.07) is 3.77. The molecule has 0 atom stereocenters. The van der Waals surface area contributed by atoms with E-state index in [4.69, 9.17) is 10.3 Å². The van der Waals surface area contributed by atoms with E-state index in [-0.39, 0.29) is 0 Å². The van der Waals surface area contributed by atoms with Gasteiger partial charge in [-0.05, 0) is 13.0 Å². The summed E-state index contributed by atoms with van der Waals surface area (Å²) in [5, 5.41) is 4.80. The van der Waals surface area contributed by atoms with Gasteiger partial charge < -0.3 is 10.3 Å². The molecule has 6 heteroatoms. The summed E-state index contributed by atoms with van der Waals surface area (Å²) < 4.78 is 5.32. The fourth-order valence-electron chi connectivity index (χ4n) is 1.73. The van der Waals surface area contributed by atoms with E-state index in [2.05, 4.69) is 15.1 Å². The average molecular weight is 258 g/mol. The van der Waals surface area contributed by atoms with Gasteiger partial charge in [0.25, 0.3) is 0 Å². The zero-order valence-corrected chi connectivity index (χ0v) is 10.4. The van der Waals surface area contributed by atoms with Gasteiger partial charge in [0.2, 0.25) is 0 Å². The van der Waals surface area contributed by atoms with Crippen molar-refractivity contribution < 1.29 is 4.52 Å². The first kappa shape index (κ1) is 10.9. The molecular formula is C12H10N4OS. The van der Waals surface area contributed by atoms with E-state index in [1.54, 1.807) is 29.9 Å². The molecule has 3 heterocycles. The number of rotatable bonds is 2. The van der Waals surface area contributed by atoms with Crippen molar-refractivity contribution in [2.75, 3.05) is 5.73 Å². The van der Waals surface area contributed by atoms with Crippen LogP contribution in [0.15, 0.2) is 35.2 Å². The fraction of sp³-hybridized carbons (Fsp3) is 0.0833. The van der Waals surface area contributed by atoms with Crippen molar-refractivity contribution in [3.8, 4) is 21.8 Å². The normalized spacial score (nSPS) is 10.7. The molecule has 0 saturated heterocycles. The molecule has 0 fully saturated rings. The number of nitrogens with zero attached hydrogens (tertiary/aromatic N) is 3. The molecule has 0 unspecified atom stereocenters. The molecule has 0 aliphatic rings. The number of hydrogen-bond acceptors (Lipinski definition) is 6. The first-order valence-corrected chi connectivity index (χ1v) is 6.15. The summed E-state index contributed by atoms with van der Waals surface area (Å²) in [4.78, 5) is 9.21. The quantitative estimate of drug-likeness (QED) is 0.764. The molecule has 0 bridgehead atoms. The first-order valence-electron chi connectivity index (χ1n) is 5.34. The molecule has 2 N–H and O–H groups in total. The molecule has 0 aliphatic carbocycles. The van der Waals surface area contributed by atoms with Crippen LogP contribution >= 0.6 is 11.3 Å². The fourth-order valence-corrected chi connectivity index (χ4v) is 2.49. The predicted octanol–water partition coefficient (Wildman–Crippen LogP) is 2.75. The summed E-state index contributed by atoms with van der Waals surface area (Å²) in [5.74, 6) is 1.01. The smallest absolute Gasteiger partial charge is 0.188 e. The second-order valence-electron chi connectivity index (χ2n) is 3.76.